The molecule has 1 heterocycles. The van der Waals surface area contributed by atoms with Crippen LogP contribution in [0.2, 0.25) is 0 Å². The zero-order valence-electron chi connectivity index (χ0n) is 9.32. The van der Waals surface area contributed by atoms with E-state index in [9.17, 15) is 4.79 Å². The monoisotopic (exact) mass is 201 g/mol. The van der Waals surface area contributed by atoms with Crippen molar-refractivity contribution < 1.29 is 14.3 Å². The van der Waals surface area contributed by atoms with Gasteiger partial charge in [-0.05, 0) is 20.8 Å². The molecule has 1 fully saturated rings. The fourth-order valence-electron chi connectivity index (χ4n) is 1.85. The van der Waals surface area contributed by atoms with Crippen LogP contribution in [-0.2, 0) is 14.3 Å². The van der Waals surface area contributed by atoms with Crippen molar-refractivity contribution in [2.75, 3.05) is 20.2 Å². The lowest BCUT2D eigenvalue weighted by atomic mass is 10.2. The topological polar surface area (TPSA) is 38.8 Å². The van der Waals surface area contributed by atoms with Crippen molar-refractivity contribution >= 4 is 5.97 Å². The van der Waals surface area contributed by atoms with Gasteiger partial charge in [0.05, 0.1) is 19.3 Å². The summed E-state index contributed by atoms with van der Waals surface area (Å²) in [7, 11) is 1.42. The molecule has 0 spiro atoms. The van der Waals surface area contributed by atoms with Crippen molar-refractivity contribution in [1.29, 1.82) is 0 Å². The van der Waals surface area contributed by atoms with Crippen LogP contribution < -0.4 is 0 Å². The largest absolute Gasteiger partial charge is 0.468 e. The highest BCUT2D eigenvalue weighted by molar-refractivity contribution is 5.75. The number of carbonyl (C=O) groups excluding carboxylic acids is 1. The van der Waals surface area contributed by atoms with E-state index in [0.29, 0.717) is 0 Å². The minimum atomic E-state index is -0.175. The molecule has 0 N–H and O–H groups in total. The van der Waals surface area contributed by atoms with E-state index in [1.54, 1.807) is 0 Å². The van der Waals surface area contributed by atoms with Gasteiger partial charge in [-0.2, -0.15) is 0 Å². The molecular weight excluding hydrogens is 182 g/mol. The van der Waals surface area contributed by atoms with Crippen LogP contribution in [0, 0.1) is 0 Å². The van der Waals surface area contributed by atoms with Gasteiger partial charge in [0.25, 0.3) is 0 Å². The Morgan fingerprint density at radius 2 is 1.93 bits per heavy atom. The summed E-state index contributed by atoms with van der Waals surface area (Å²) in [5, 5.41) is 0. The van der Waals surface area contributed by atoms with E-state index in [2.05, 4.69) is 4.90 Å². The lowest BCUT2D eigenvalue weighted by Gasteiger charge is -2.37. The second-order valence-corrected chi connectivity index (χ2v) is 3.91. The van der Waals surface area contributed by atoms with Gasteiger partial charge in [0, 0.05) is 13.1 Å². The van der Waals surface area contributed by atoms with Gasteiger partial charge in [-0.25, -0.2) is 0 Å². The second-order valence-electron chi connectivity index (χ2n) is 3.91. The number of methoxy groups -OCH3 is 1. The summed E-state index contributed by atoms with van der Waals surface area (Å²) in [6.45, 7) is 7.50. The van der Waals surface area contributed by atoms with Gasteiger partial charge in [-0.15, -0.1) is 0 Å². The summed E-state index contributed by atoms with van der Waals surface area (Å²) in [6.07, 6.45) is 0.372. The highest BCUT2D eigenvalue weighted by Crippen LogP contribution is 2.13. The normalized spacial score (nSPS) is 31.1. The van der Waals surface area contributed by atoms with E-state index >= 15 is 0 Å². The summed E-state index contributed by atoms with van der Waals surface area (Å²) in [5.41, 5.74) is 0. The Balaban J connectivity index is 2.54. The van der Waals surface area contributed by atoms with E-state index in [1.807, 2.05) is 20.8 Å². The summed E-state index contributed by atoms with van der Waals surface area (Å²) in [4.78, 5) is 13.4. The second kappa shape index (κ2) is 4.75. The van der Waals surface area contributed by atoms with Crippen LogP contribution in [0.4, 0.5) is 0 Å². The molecule has 0 amide bonds. The molecule has 0 aromatic heterocycles. The maximum atomic E-state index is 11.3. The summed E-state index contributed by atoms with van der Waals surface area (Å²) >= 11 is 0. The third-order valence-corrected chi connectivity index (χ3v) is 2.54. The van der Waals surface area contributed by atoms with Gasteiger partial charge in [0.2, 0.25) is 0 Å². The Morgan fingerprint density at radius 3 is 2.36 bits per heavy atom. The smallest absolute Gasteiger partial charge is 0.322 e. The number of ether oxygens (including phenoxy) is 2. The number of nitrogens with zero attached hydrogens (tertiary/aromatic N) is 1. The number of morpholine rings is 1. The number of esters is 1. The lowest BCUT2D eigenvalue weighted by molar-refractivity contribution is -0.151. The average molecular weight is 201 g/mol. The van der Waals surface area contributed by atoms with Crippen molar-refractivity contribution in [1.82, 2.24) is 4.90 Å². The minimum Gasteiger partial charge on any atom is -0.468 e. The van der Waals surface area contributed by atoms with E-state index in [0.717, 1.165) is 13.1 Å². The van der Waals surface area contributed by atoms with Gasteiger partial charge in [0.1, 0.15) is 6.04 Å². The molecule has 1 aliphatic rings. The Morgan fingerprint density at radius 1 is 1.43 bits per heavy atom. The Kier molecular flexibility index (Phi) is 3.89. The van der Waals surface area contributed by atoms with Crippen LogP contribution >= 0.6 is 0 Å². The molecule has 0 unspecified atom stereocenters. The Hall–Kier alpha value is -0.610. The van der Waals surface area contributed by atoms with Crippen molar-refractivity contribution in [3.05, 3.63) is 0 Å². The Bertz CT molecular complexity index is 198. The zero-order chi connectivity index (χ0) is 10.7. The standard InChI is InChI=1S/C10H19NO3/c1-7-5-11(6-8(2)14-7)9(3)10(12)13-4/h7-9H,5-6H2,1-4H3/t7-,8+,9-/m1/s1. The van der Waals surface area contributed by atoms with E-state index < -0.39 is 0 Å². The first-order chi connectivity index (χ1) is 6.54. The summed E-state index contributed by atoms with van der Waals surface area (Å²) < 4.78 is 10.3. The molecule has 4 nitrogen and oxygen atoms in total. The van der Waals surface area contributed by atoms with Crippen molar-refractivity contribution in [2.45, 2.75) is 39.0 Å². The van der Waals surface area contributed by atoms with E-state index in [1.165, 1.54) is 7.11 Å². The van der Waals surface area contributed by atoms with Gasteiger partial charge < -0.3 is 9.47 Å². The van der Waals surface area contributed by atoms with Crippen LogP contribution in [0.15, 0.2) is 0 Å². The summed E-state index contributed by atoms with van der Waals surface area (Å²) in [6, 6.07) is -0.172. The fourth-order valence-corrected chi connectivity index (χ4v) is 1.85. The molecule has 82 valence electrons. The maximum absolute atomic E-state index is 11.3. The SMILES string of the molecule is COC(=O)[C@@H](C)N1C[C@@H](C)O[C@@H](C)C1. The highest BCUT2D eigenvalue weighted by Gasteiger charge is 2.29. The number of carbonyl (C=O) groups is 1. The molecule has 1 rings (SSSR count). The van der Waals surface area contributed by atoms with Crippen LogP contribution in [0.1, 0.15) is 20.8 Å². The first kappa shape index (κ1) is 11.5. The summed E-state index contributed by atoms with van der Waals surface area (Å²) in [5.74, 6) is -0.175. The molecule has 0 radical (unpaired) electrons. The number of rotatable bonds is 2. The van der Waals surface area contributed by atoms with Gasteiger partial charge in [-0.1, -0.05) is 0 Å². The number of hydrogen-bond acceptors (Lipinski definition) is 4. The zero-order valence-corrected chi connectivity index (χ0v) is 9.32. The van der Waals surface area contributed by atoms with Crippen molar-refractivity contribution in [3.63, 3.8) is 0 Å². The average Bonchev–Trinajstić information content (AvgIpc) is 2.14. The lowest BCUT2D eigenvalue weighted by Crippen LogP contribution is -2.51. The first-order valence-corrected chi connectivity index (χ1v) is 5.02. The van der Waals surface area contributed by atoms with Gasteiger partial charge >= 0.3 is 5.97 Å². The molecule has 14 heavy (non-hydrogen) atoms. The molecule has 1 saturated heterocycles. The molecule has 1 aliphatic heterocycles. The molecule has 0 bridgehead atoms. The molecule has 0 aromatic rings. The van der Waals surface area contributed by atoms with Crippen molar-refractivity contribution in [2.24, 2.45) is 0 Å². The molecule has 0 saturated carbocycles. The third-order valence-electron chi connectivity index (χ3n) is 2.54. The molecular formula is C10H19NO3. The van der Waals surface area contributed by atoms with E-state index in [4.69, 9.17) is 9.47 Å². The minimum absolute atomic E-state index is 0.172. The molecule has 3 atom stereocenters. The fraction of sp³-hybridized carbons (Fsp3) is 0.900. The van der Waals surface area contributed by atoms with Crippen molar-refractivity contribution in [3.8, 4) is 0 Å². The maximum Gasteiger partial charge on any atom is 0.322 e. The highest BCUT2D eigenvalue weighted by atomic mass is 16.5. The number of hydrogen-bond donors (Lipinski definition) is 0. The van der Waals surface area contributed by atoms with E-state index in [-0.39, 0.29) is 24.2 Å². The quantitative estimate of drug-likeness (QED) is 0.615. The predicted molar refractivity (Wildman–Crippen MR) is 53.1 cm³/mol. The van der Waals surface area contributed by atoms with Gasteiger partial charge in [-0.3, -0.25) is 9.69 Å². The third kappa shape index (κ3) is 2.69. The molecule has 0 aromatic carbocycles. The van der Waals surface area contributed by atoms with Crippen LogP contribution in [0.25, 0.3) is 0 Å². The van der Waals surface area contributed by atoms with Crippen LogP contribution in [0.3, 0.4) is 0 Å². The van der Waals surface area contributed by atoms with Gasteiger partial charge in [0.15, 0.2) is 0 Å². The molecule has 4 heteroatoms. The predicted octanol–water partition coefficient (Wildman–Crippen LogP) is 0.657. The first-order valence-electron chi connectivity index (χ1n) is 5.02. The Labute approximate surface area is 85.2 Å². The van der Waals surface area contributed by atoms with Crippen LogP contribution in [0.5, 0.6) is 0 Å². The van der Waals surface area contributed by atoms with Crippen LogP contribution in [-0.4, -0.2) is 49.3 Å². The molecule has 0 aliphatic carbocycles.